The highest BCUT2D eigenvalue weighted by molar-refractivity contribution is 5.52. The highest BCUT2D eigenvalue weighted by atomic mass is 16.1. The minimum Gasteiger partial charge on any atom is -0.399 e. The van der Waals surface area contributed by atoms with Crippen LogP contribution in [0.5, 0.6) is 0 Å². The van der Waals surface area contributed by atoms with Gasteiger partial charge in [0.2, 0.25) is 0 Å². The average molecular weight is 163 g/mol. The number of hydrogen-bond donors (Lipinski definition) is 1. The molecule has 0 saturated carbocycles. The lowest BCUT2D eigenvalue weighted by Gasteiger charge is -2.02. The van der Waals surface area contributed by atoms with Gasteiger partial charge < -0.3 is 10.5 Å². The Hall–Kier alpha value is -1.31. The summed E-state index contributed by atoms with van der Waals surface area (Å²) in [4.78, 5) is 10.1. The van der Waals surface area contributed by atoms with Gasteiger partial charge in [-0.1, -0.05) is 12.1 Å². The third-order valence-corrected chi connectivity index (χ3v) is 1.89. The zero-order chi connectivity index (χ0) is 8.97. The number of nitrogen functional groups attached to an aromatic ring is 1. The number of nitrogens with two attached hydrogens (primary N) is 1. The molecule has 12 heavy (non-hydrogen) atoms. The van der Waals surface area contributed by atoms with Crippen molar-refractivity contribution in [2.75, 3.05) is 5.73 Å². The van der Waals surface area contributed by atoms with Gasteiger partial charge in [-0.25, -0.2) is 0 Å². The van der Waals surface area contributed by atoms with E-state index in [0.29, 0.717) is 6.42 Å². The second-order valence-electron chi connectivity index (χ2n) is 2.90. The Kier molecular flexibility index (Phi) is 2.86. The fourth-order valence-electron chi connectivity index (χ4n) is 1.07. The van der Waals surface area contributed by atoms with Crippen molar-refractivity contribution in [1.82, 2.24) is 0 Å². The second kappa shape index (κ2) is 3.90. The molecule has 0 fully saturated rings. The standard InChI is InChI=1S/C10H13NO/c1-8-4-5-9(3-2-6-12)7-10(8)11/h4-7H,2-3,11H2,1H3. The molecule has 0 radical (unpaired) electrons. The summed E-state index contributed by atoms with van der Waals surface area (Å²) in [5, 5.41) is 0. The molecule has 0 atom stereocenters. The third-order valence-electron chi connectivity index (χ3n) is 1.89. The predicted octanol–water partition coefficient (Wildman–Crippen LogP) is 1.71. The van der Waals surface area contributed by atoms with E-state index in [2.05, 4.69) is 0 Å². The van der Waals surface area contributed by atoms with Crippen LogP contribution in [0.3, 0.4) is 0 Å². The summed E-state index contributed by atoms with van der Waals surface area (Å²) in [5.74, 6) is 0. The highest BCUT2D eigenvalue weighted by Gasteiger charge is 1.95. The monoisotopic (exact) mass is 163 g/mol. The second-order valence-corrected chi connectivity index (χ2v) is 2.90. The number of anilines is 1. The molecule has 0 amide bonds. The molecule has 1 aromatic rings. The number of rotatable bonds is 3. The van der Waals surface area contributed by atoms with Crippen molar-refractivity contribution in [2.24, 2.45) is 0 Å². The van der Waals surface area contributed by atoms with Crippen molar-refractivity contribution in [3.05, 3.63) is 29.3 Å². The topological polar surface area (TPSA) is 43.1 Å². The van der Waals surface area contributed by atoms with E-state index in [1.165, 1.54) is 0 Å². The summed E-state index contributed by atoms with van der Waals surface area (Å²) >= 11 is 0. The first kappa shape index (κ1) is 8.78. The molecule has 64 valence electrons. The van der Waals surface area contributed by atoms with Gasteiger partial charge in [0.05, 0.1) is 0 Å². The molecule has 2 N–H and O–H groups in total. The third kappa shape index (κ3) is 2.09. The number of hydrogen-bond acceptors (Lipinski definition) is 2. The molecule has 1 rings (SSSR count). The van der Waals surface area contributed by atoms with Gasteiger partial charge in [0.25, 0.3) is 0 Å². The molecule has 0 heterocycles. The van der Waals surface area contributed by atoms with E-state index in [-0.39, 0.29) is 0 Å². The maximum atomic E-state index is 10.1. The van der Waals surface area contributed by atoms with E-state index in [1.54, 1.807) is 0 Å². The van der Waals surface area contributed by atoms with Gasteiger partial charge in [0, 0.05) is 12.1 Å². The van der Waals surface area contributed by atoms with Crippen LogP contribution in [0.25, 0.3) is 0 Å². The molecule has 0 unspecified atom stereocenters. The van der Waals surface area contributed by atoms with Crippen LogP contribution >= 0.6 is 0 Å². The van der Waals surface area contributed by atoms with Crippen LogP contribution in [0.1, 0.15) is 17.5 Å². The zero-order valence-corrected chi connectivity index (χ0v) is 7.21. The van der Waals surface area contributed by atoms with E-state index in [1.807, 2.05) is 25.1 Å². The van der Waals surface area contributed by atoms with Gasteiger partial charge in [-0.05, 0) is 30.5 Å². The molecule has 0 aliphatic rings. The SMILES string of the molecule is Cc1ccc(CCC=O)cc1N. The molecule has 0 bridgehead atoms. The van der Waals surface area contributed by atoms with Crippen LogP contribution in [0.2, 0.25) is 0 Å². The molecular formula is C10H13NO. The van der Waals surface area contributed by atoms with Crippen molar-refractivity contribution in [1.29, 1.82) is 0 Å². The fourth-order valence-corrected chi connectivity index (χ4v) is 1.07. The summed E-state index contributed by atoms with van der Waals surface area (Å²) in [6.07, 6.45) is 2.28. The van der Waals surface area contributed by atoms with Crippen LogP contribution in [-0.2, 0) is 11.2 Å². The van der Waals surface area contributed by atoms with Crippen molar-refractivity contribution in [3.8, 4) is 0 Å². The van der Waals surface area contributed by atoms with Crippen LogP contribution in [0, 0.1) is 6.92 Å². The average Bonchev–Trinajstić information content (AvgIpc) is 2.07. The van der Waals surface area contributed by atoms with Crippen LogP contribution < -0.4 is 5.73 Å². The Morgan fingerprint density at radius 3 is 2.83 bits per heavy atom. The summed E-state index contributed by atoms with van der Waals surface area (Å²) in [7, 11) is 0. The Morgan fingerprint density at radius 2 is 2.25 bits per heavy atom. The normalized spacial score (nSPS) is 9.75. The fraction of sp³-hybridized carbons (Fsp3) is 0.300. The van der Waals surface area contributed by atoms with E-state index in [9.17, 15) is 4.79 Å². The lowest BCUT2D eigenvalue weighted by molar-refractivity contribution is -0.107. The first-order valence-corrected chi connectivity index (χ1v) is 4.02. The van der Waals surface area contributed by atoms with Gasteiger partial charge >= 0.3 is 0 Å². The molecule has 0 aliphatic carbocycles. The summed E-state index contributed by atoms with van der Waals surface area (Å²) in [6.45, 7) is 1.97. The molecule has 2 heteroatoms. The first-order valence-electron chi connectivity index (χ1n) is 4.02. The number of benzene rings is 1. The summed E-state index contributed by atoms with van der Waals surface area (Å²) in [5.41, 5.74) is 8.73. The lowest BCUT2D eigenvalue weighted by Crippen LogP contribution is -1.92. The number of aldehydes is 1. The molecule has 1 aromatic carbocycles. The van der Waals surface area contributed by atoms with E-state index in [0.717, 1.165) is 29.5 Å². The number of carbonyl (C=O) groups is 1. The number of aryl methyl sites for hydroxylation is 2. The van der Waals surface area contributed by atoms with E-state index in [4.69, 9.17) is 5.73 Å². The Balaban J connectivity index is 2.75. The zero-order valence-electron chi connectivity index (χ0n) is 7.21. The van der Waals surface area contributed by atoms with E-state index < -0.39 is 0 Å². The van der Waals surface area contributed by atoms with Crippen molar-refractivity contribution in [2.45, 2.75) is 19.8 Å². The highest BCUT2D eigenvalue weighted by Crippen LogP contribution is 2.13. The van der Waals surface area contributed by atoms with Crippen molar-refractivity contribution in [3.63, 3.8) is 0 Å². The molecule has 0 spiro atoms. The molecule has 0 aliphatic heterocycles. The maximum absolute atomic E-state index is 10.1. The molecule has 0 aromatic heterocycles. The van der Waals surface area contributed by atoms with Crippen molar-refractivity contribution >= 4 is 12.0 Å². The largest absolute Gasteiger partial charge is 0.399 e. The Bertz CT molecular complexity index is 281. The minimum atomic E-state index is 0.572. The lowest BCUT2D eigenvalue weighted by atomic mass is 10.1. The molecule has 0 saturated heterocycles. The van der Waals surface area contributed by atoms with E-state index >= 15 is 0 Å². The predicted molar refractivity (Wildman–Crippen MR) is 50.0 cm³/mol. The summed E-state index contributed by atoms with van der Waals surface area (Å²) < 4.78 is 0. The Morgan fingerprint density at radius 1 is 1.50 bits per heavy atom. The van der Waals surface area contributed by atoms with Gasteiger partial charge in [0.15, 0.2) is 0 Å². The van der Waals surface area contributed by atoms with Crippen molar-refractivity contribution < 1.29 is 4.79 Å². The van der Waals surface area contributed by atoms with Crippen LogP contribution in [-0.4, -0.2) is 6.29 Å². The molecular weight excluding hydrogens is 150 g/mol. The smallest absolute Gasteiger partial charge is 0.120 e. The van der Waals surface area contributed by atoms with Crippen LogP contribution in [0.4, 0.5) is 5.69 Å². The minimum absolute atomic E-state index is 0.572. The van der Waals surface area contributed by atoms with Gasteiger partial charge in [-0.15, -0.1) is 0 Å². The first-order chi connectivity index (χ1) is 5.74. The van der Waals surface area contributed by atoms with Crippen LogP contribution in [0.15, 0.2) is 18.2 Å². The Labute approximate surface area is 72.4 Å². The van der Waals surface area contributed by atoms with Gasteiger partial charge in [-0.2, -0.15) is 0 Å². The molecule has 2 nitrogen and oxygen atoms in total. The number of carbonyl (C=O) groups excluding carboxylic acids is 1. The maximum Gasteiger partial charge on any atom is 0.120 e. The summed E-state index contributed by atoms with van der Waals surface area (Å²) in [6, 6.07) is 5.92. The quantitative estimate of drug-likeness (QED) is 0.544. The van der Waals surface area contributed by atoms with Gasteiger partial charge in [0.1, 0.15) is 6.29 Å². The van der Waals surface area contributed by atoms with Gasteiger partial charge in [-0.3, -0.25) is 0 Å².